The number of anilines is 2. The summed E-state index contributed by atoms with van der Waals surface area (Å²) in [5.41, 5.74) is 0.183. The molecule has 29 heavy (non-hydrogen) atoms. The number of nitrogens with zero attached hydrogens (tertiary/aromatic N) is 3. The lowest BCUT2D eigenvalue weighted by Crippen LogP contribution is -2.39. The van der Waals surface area contributed by atoms with E-state index < -0.39 is 4.92 Å². The monoisotopic (exact) mass is 401 g/mol. The average molecular weight is 402 g/mol. The molecule has 1 aromatic heterocycles. The Morgan fingerprint density at radius 1 is 1.21 bits per heavy atom. The van der Waals surface area contributed by atoms with Gasteiger partial charge in [0.25, 0.3) is 5.91 Å². The van der Waals surface area contributed by atoms with Crippen LogP contribution in [0.5, 0.6) is 0 Å². The van der Waals surface area contributed by atoms with Crippen LogP contribution in [-0.4, -0.2) is 41.5 Å². The lowest BCUT2D eigenvalue weighted by Gasteiger charge is -2.29. The van der Waals surface area contributed by atoms with Crippen LogP contribution in [0.15, 0.2) is 6.07 Å². The van der Waals surface area contributed by atoms with E-state index in [1.165, 1.54) is 18.9 Å². The van der Waals surface area contributed by atoms with Crippen LogP contribution in [0.25, 0.3) is 0 Å². The topological polar surface area (TPSA) is 100 Å². The minimum atomic E-state index is -0.468. The fraction of sp³-hybridized carbons (Fsp3) is 0.714. The number of nitrogens with one attached hydrogen (secondary N) is 2. The number of pyridine rings is 1. The quantitative estimate of drug-likeness (QED) is 0.509. The first-order valence-electron chi connectivity index (χ1n) is 10.9. The van der Waals surface area contributed by atoms with E-state index in [0.29, 0.717) is 29.3 Å². The highest BCUT2D eigenvalue weighted by atomic mass is 16.6. The van der Waals surface area contributed by atoms with Gasteiger partial charge in [0.1, 0.15) is 5.82 Å². The van der Waals surface area contributed by atoms with Crippen molar-refractivity contribution < 1.29 is 9.72 Å². The molecule has 0 saturated heterocycles. The van der Waals surface area contributed by atoms with E-state index in [1.807, 2.05) is 0 Å². The predicted molar refractivity (Wildman–Crippen MR) is 112 cm³/mol. The Hall–Kier alpha value is -2.38. The molecular weight excluding hydrogens is 370 g/mol. The number of rotatable bonds is 8. The summed E-state index contributed by atoms with van der Waals surface area (Å²) in [7, 11) is 1.63. The zero-order valence-electron chi connectivity index (χ0n) is 17.3. The van der Waals surface area contributed by atoms with Crippen LogP contribution in [0, 0.1) is 22.0 Å². The predicted octanol–water partition coefficient (Wildman–Crippen LogP) is 3.72. The van der Waals surface area contributed by atoms with E-state index in [1.54, 1.807) is 7.05 Å². The molecule has 1 aromatic rings. The van der Waals surface area contributed by atoms with E-state index in [0.717, 1.165) is 45.1 Å². The van der Waals surface area contributed by atoms with Gasteiger partial charge < -0.3 is 15.5 Å². The lowest BCUT2D eigenvalue weighted by molar-refractivity contribution is -0.384. The molecule has 1 amide bonds. The molecule has 158 valence electrons. The van der Waals surface area contributed by atoms with Gasteiger partial charge in [0, 0.05) is 31.7 Å². The first-order valence-corrected chi connectivity index (χ1v) is 10.9. The summed E-state index contributed by atoms with van der Waals surface area (Å²) in [4.78, 5) is 31.1. The number of hydrogen-bond donors (Lipinski definition) is 2. The lowest BCUT2D eigenvalue weighted by atomic mass is 9.87. The fourth-order valence-corrected chi connectivity index (χ4v) is 4.24. The summed E-state index contributed by atoms with van der Waals surface area (Å²) in [6.07, 6.45) is 8.70. The van der Waals surface area contributed by atoms with E-state index >= 15 is 0 Å². The van der Waals surface area contributed by atoms with Crippen LogP contribution in [0.1, 0.15) is 68.6 Å². The van der Waals surface area contributed by atoms with Crippen molar-refractivity contribution >= 4 is 23.2 Å². The number of carbonyl (C=O) groups is 1. The van der Waals surface area contributed by atoms with E-state index in [9.17, 15) is 14.9 Å². The molecule has 0 bridgehead atoms. The van der Waals surface area contributed by atoms with Crippen molar-refractivity contribution in [2.75, 3.05) is 23.8 Å². The minimum Gasteiger partial charge on any atom is -0.367 e. The molecule has 8 nitrogen and oxygen atoms in total. The zero-order valence-corrected chi connectivity index (χ0v) is 17.3. The van der Waals surface area contributed by atoms with Gasteiger partial charge in [-0.3, -0.25) is 14.9 Å². The van der Waals surface area contributed by atoms with Gasteiger partial charge in [-0.15, -0.1) is 0 Å². The summed E-state index contributed by atoms with van der Waals surface area (Å²) in [5.74, 6) is 1.91. The SMILES string of the molecule is CNc1nc(N(CC2CC2)C2CC2)c(C(=O)NC2CCC(C)CC2)cc1[N+](=O)[O-]. The van der Waals surface area contributed by atoms with Gasteiger partial charge in [0.05, 0.1) is 10.5 Å². The van der Waals surface area contributed by atoms with Crippen LogP contribution in [0.2, 0.25) is 0 Å². The smallest absolute Gasteiger partial charge is 0.312 e. The Balaban J connectivity index is 1.66. The highest BCUT2D eigenvalue weighted by molar-refractivity contribution is 6.00. The summed E-state index contributed by atoms with van der Waals surface area (Å²) < 4.78 is 0. The molecule has 8 heteroatoms. The largest absolute Gasteiger partial charge is 0.367 e. The Kier molecular flexibility index (Phi) is 5.61. The molecule has 3 aliphatic carbocycles. The Labute approximate surface area is 171 Å². The third-order valence-electron chi connectivity index (χ3n) is 6.42. The molecule has 4 rings (SSSR count). The van der Waals surface area contributed by atoms with Crippen LogP contribution < -0.4 is 15.5 Å². The Bertz CT molecular complexity index is 783. The summed E-state index contributed by atoms with van der Waals surface area (Å²) in [6.45, 7) is 3.12. The van der Waals surface area contributed by atoms with Crippen molar-refractivity contribution in [3.8, 4) is 0 Å². The second-order valence-electron chi connectivity index (χ2n) is 8.99. The number of carbonyl (C=O) groups excluding carboxylic acids is 1. The molecule has 0 radical (unpaired) electrons. The van der Waals surface area contributed by atoms with Gasteiger partial charge in [0.15, 0.2) is 0 Å². The molecule has 3 aliphatic rings. The van der Waals surface area contributed by atoms with Gasteiger partial charge in [0.2, 0.25) is 5.82 Å². The number of nitro groups is 1. The van der Waals surface area contributed by atoms with Crippen molar-refractivity contribution in [3.63, 3.8) is 0 Å². The van der Waals surface area contributed by atoms with Crippen LogP contribution in [0.4, 0.5) is 17.3 Å². The van der Waals surface area contributed by atoms with Crippen molar-refractivity contribution in [1.29, 1.82) is 0 Å². The van der Waals surface area contributed by atoms with Crippen LogP contribution >= 0.6 is 0 Å². The van der Waals surface area contributed by atoms with Gasteiger partial charge in [-0.2, -0.15) is 0 Å². The van der Waals surface area contributed by atoms with Crippen molar-refractivity contribution in [1.82, 2.24) is 10.3 Å². The molecule has 0 spiro atoms. The molecule has 3 fully saturated rings. The van der Waals surface area contributed by atoms with Gasteiger partial charge in [-0.05, 0) is 63.2 Å². The van der Waals surface area contributed by atoms with Crippen LogP contribution in [-0.2, 0) is 0 Å². The van der Waals surface area contributed by atoms with Crippen molar-refractivity contribution in [3.05, 3.63) is 21.7 Å². The molecule has 3 saturated carbocycles. The van der Waals surface area contributed by atoms with Gasteiger partial charge >= 0.3 is 5.69 Å². The third kappa shape index (κ3) is 4.62. The number of aromatic nitrogens is 1. The van der Waals surface area contributed by atoms with Crippen molar-refractivity contribution in [2.45, 2.75) is 70.4 Å². The van der Waals surface area contributed by atoms with Gasteiger partial charge in [-0.25, -0.2) is 4.98 Å². The third-order valence-corrected chi connectivity index (χ3v) is 6.42. The first kappa shape index (κ1) is 19.9. The summed E-state index contributed by atoms with van der Waals surface area (Å²) >= 11 is 0. The molecular formula is C21H31N5O3. The number of amides is 1. The van der Waals surface area contributed by atoms with E-state index in [4.69, 9.17) is 0 Å². The van der Waals surface area contributed by atoms with Crippen LogP contribution in [0.3, 0.4) is 0 Å². The Morgan fingerprint density at radius 2 is 1.90 bits per heavy atom. The number of hydrogen-bond acceptors (Lipinski definition) is 6. The normalized spacial score (nSPS) is 24.1. The van der Waals surface area contributed by atoms with E-state index in [-0.39, 0.29) is 23.5 Å². The average Bonchev–Trinajstić information content (AvgIpc) is 3.61. The molecule has 2 N–H and O–H groups in total. The molecule has 0 unspecified atom stereocenters. The molecule has 1 heterocycles. The zero-order chi connectivity index (χ0) is 20.5. The summed E-state index contributed by atoms with van der Waals surface area (Å²) in [5, 5.41) is 17.6. The second kappa shape index (κ2) is 8.16. The molecule has 0 aliphatic heterocycles. The standard InChI is InChI=1S/C21H31N5O3/c1-13-3-7-15(8-4-13)23-21(27)17-11-18(26(28)29)19(22-2)24-20(17)25(16-9-10-16)12-14-5-6-14/h11,13-16H,3-10,12H2,1-2H3,(H,22,24)(H,23,27). The van der Waals surface area contributed by atoms with E-state index in [2.05, 4.69) is 27.4 Å². The minimum absolute atomic E-state index is 0.132. The van der Waals surface area contributed by atoms with Crippen molar-refractivity contribution in [2.24, 2.45) is 11.8 Å². The Morgan fingerprint density at radius 3 is 2.45 bits per heavy atom. The maximum absolute atomic E-state index is 13.2. The van der Waals surface area contributed by atoms with Gasteiger partial charge in [-0.1, -0.05) is 6.92 Å². The summed E-state index contributed by atoms with van der Waals surface area (Å²) in [6, 6.07) is 1.93. The maximum atomic E-state index is 13.2. The fourth-order valence-electron chi connectivity index (χ4n) is 4.24. The molecule has 0 atom stereocenters. The second-order valence-corrected chi connectivity index (χ2v) is 8.99. The highest BCUT2D eigenvalue weighted by Gasteiger charge is 2.38. The first-order chi connectivity index (χ1) is 14.0. The maximum Gasteiger partial charge on any atom is 0.312 e. The highest BCUT2D eigenvalue weighted by Crippen LogP contribution is 2.40. The molecule has 0 aromatic carbocycles.